The summed E-state index contributed by atoms with van der Waals surface area (Å²) in [5.74, 6) is -1.05. The number of hydrogen-bond donors (Lipinski definition) is 1. The number of nitrogens with zero attached hydrogens (tertiary/aromatic N) is 1. The highest BCUT2D eigenvalue weighted by Gasteiger charge is 2.36. The van der Waals surface area contributed by atoms with Crippen molar-refractivity contribution < 1.29 is 30.9 Å². The van der Waals surface area contributed by atoms with E-state index in [0.29, 0.717) is 11.8 Å². The van der Waals surface area contributed by atoms with Crippen LogP contribution in [0.25, 0.3) is 0 Å². The molecule has 0 radical (unpaired) electrons. The van der Waals surface area contributed by atoms with Gasteiger partial charge in [-0.05, 0) is 32.0 Å². The molecule has 0 aliphatic heterocycles. The first-order valence-electron chi connectivity index (χ1n) is 6.77. The quantitative estimate of drug-likeness (QED) is 0.854. The molecule has 1 N–H and O–H groups in total. The maximum atomic E-state index is 12.9. The molecule has 0 aliphatic rings. The summed E-state index contributed by atoms with van der Waals surface area (Å²) in [5.41, 5.74) is -0.841. The number of rotatable bonds is 4. The van der Waals surface area contributed by atoms with Gasteiger partial charge in [0.05, 0.1) is 21.2 Å². The standard InChI is InChI=1S/C14H12ClF3N2O4S/c1-7-5-12(24-20-7)19-13(21)8(2)25(22,23)9-3-4-11(15)10(6-9)14(16,17)18/h3-6,8H,1-2H3,(H,19,21). The number of alkyl halides is 3. The summed E-state index contributed by atoms with van der Waals surface area (Å²) in [6.45, 7) is 2.64. The van der Waals surface area contributed by atoms with E-state index in [0.717, 1.165) is 19.1 Å². The predicted octanol–water partition coefficient (Wildman–Crippen LogP) is 3.46. The number of carbonyl (C=O) groups is 1. The Bertz CT molecular complexity index is 909. The zero-order valence-corrected chi connectivity index (χ0v) is 14.5. The molecule has 0 bridgehead atoms. The molecule has 2 aromatic rings. The van der Waals surface area contributed by atoms with Gasteiger partial charge in [-0.25, -0.2) is 8.42 Å². The molecular weight excluding hydrogens is 385 g/mol. The second kappa shape index (κ2) is 6.68. The second-order valence-electron chi connectivity index (χ2n) is 5.15. The molecule has 1 amide bonds. The summed E-state index contributed by atoms with van der Waals surface area (Å²) in [5, 5.41) is 3.41. The molecule has 1 atom stereocenters. The fourth-order valence-electron chi connectivity index (χ4n) is 1.89. The summed E-state index contributed by atoms with van der Waals surface area (Å²) in [6, 6.07) is 3.50. The third-order valence-electron chi connectivity index (χ3n) is 3.28. The van der Waals surface area contributed by atoms with Crippen LogP contribution in [0, 0.1) is 6.92 Å². The minimum Gasteiger partial charge on any atom is -0.338 e. The highest BCUT2D eigenvalue weighted by atomic mass is 35.5. The minimum absolute atomic E-state index is 0.0726. The molecule has 1 heterocycles. The molecule has 136 valence electrons. The number of sulfone groups is 1. The van der Waals surface area contributed by atoms with Gasteiger partial charge < -0.3 is 4.52 Å². The average molecular weight is 397 g/mol. The lowest BCUT2D eigenvalue weighted by molar-refractivity contribution is -0.137. The number of anilines is 1. The molecule has 6 nitrogen and oxygen atoms in total. The van der Waals surface area contributed by atoms with Crippen molar-refractivity contribution in [2.45, 2.75) is 30.2 Å². The number of benzene rings is 1. The lowest BCUT2D eigenvalue weighted by atomic mass is 10.2. The normalized spacial score (nSPS) is 13.5. The molecule has 1 aromatic carbocycles. The van der Waals surface area contributed by atoms with Gasteiger partial charge in [-0.1, -0.05) is 16.8 Å². The smallest absolute Gasteiger partial charge is 0.338 e. The number of aryl methyl sites for hydroxylation is 1. The first-order valence-corrected chi connectivity index (χ1v) is 8.70. The van der Waals surface area contributed by atoms with Crippen LogP contribution in [-0.2, 0) is 20.8 Å². The Morgan fingerprint density at radius 1 is 1.32 bits per heavy atom. The van der Waals surface area contributed by atoms with Crippen LogP contribution in [0.2, 0.25) is 5.02 Å². The molecule has 0 saturated heterocycles. The van der Waals surface area contributed by atoms with Crippen LogP contribution in [0.15, 0.2) is 33.7 Å². The van der Waals surface area contributed by atoms with Crippen molar-refractivity contribution in [1.82, 2.24) is 5.16 Å². The highest BCUT2D eigenvalue weighted by Crippen LogP contribution is 2.36. The van der Waals surface area contributed by atoms with Crippen LogP contribution >= 0.6 is 11.6 Å². The molecule has 11 heteroatoms. The highest BCUT2D eigenvalue weighted by molar-refractivity contribution is 7.92. The average Bonchev–Trinajstić information content (AvgIpc) is 2.90. The number of halogens is 4. The minimum atomic E-state index is -4.83. The molecule has 0 aliphatic carbocycles. The number of nitrogens with one attached hydrogen (secondary N) is 1. The summed E-state index contributed by atoms with van der Waals surface area (Å²) in [6.07, 6.45) is -4.83. The fraction of sp³-hybridized carbons (Fsp3) is 0.286. The van der Waals surface area contributed by atoms with E-state index in [1.54, 1.807) is 6.92 Å². The third kappa shape index (κ3) is 4.13. The van der Waals surface area contributed by atoms with Crippen molar-refractivity contribution in [1.29, 1.82) is 0 Å². The summed E-state index contributed by atoms with van der Waals surface area (Å²) >= 11 is 5.47. The molecule has 0 fully saturated rings. The Morgan fingerprint density at radius 2 is 1.96 bits per heavy atom. The zero-order chi connectivity index (χ0) is 19.0. The molecule has 2 rings (SSSR count). The van der Waals surface area contributed by atoms with Crippen LogP contribution in [0.5, 0.6) is 0 Å². The van der Waals surface area contributed by atoms with Gasteiger partial charge in [0, 0.05) is 6.07 Å². The van der Waals surface area contributed by atoms with Crippen molar-refractivity contribution in [2.75, 3.05) is 5.32 Å². The van der Waals surface area contributed by atoms with Crippen LogP contribution in [0.3, 0.4) is 0 Å². The Balaban J connectivity index is 2.32. The van der Waals surface area contributed by atoms with Gasteiger partial charge in [0.1, 0.15) is 5.25 Å². The van der Waals surface area contributed by atoms with Gasteiger partial charge in [-0.2, -0.15) is 13.2 Å². The van der Waals surface area contributed by atoms with E-state index in [9.17, 15) is 26.4 Å². The monoisotopic (exact) mass is 396 g/mol. The Morgan fingerprint density at radius 3 is 2.48 bits per heavy atom. The van der Waals surface area contributed by atoms with E-state index in [-0.39, 0.29) is 5.88 Å². The van der Waals surface area contributed by atoms with Crippen molar-refractivity contribution in [3.63, 3.8) is 0 Å². The predicted molar refractivity (Wildman–Crippen MR) is 83.0 cm³/mol. The zero-order valence-electron chi connectivity index (χ0n) is 12.9. The molecule has 25 heavy (non-hydrogen) atoms. The largest absolute Gasteiger partial charge is 0.417 e. The number of hydrogen-bond acceptors (Lipinski definition) is 5. The molecule has 0 saturated carbocycles. The van der Waals surface area contributed by atoms with E-state index >= 15 is 0 Å². The first-order chi connectivity index (χ1) is 11.4. The summed E-state index contributed by atoms with van der Waals surface area (Å²) in [4.78, 5) is 11.4. The number of carbonyl (C=O) groups excluding carboxylic acids is 1. The number of aromatic nitrogens is 1. The van der Waals surface area contributed by atoms with E-state index in [2.05, 4.69) is 10.5 Å². The molecule has 1 aromatic heterocycles. The van der Waals surface area contributed by atoms with E-state index < -0.39 is 42.7 Å². The van der Waals surface area contributed by atoms with Gasteiger partial charge >= 0.3 is 6.18 Å². The summed E-state index contributed by atoms with van der Waals surface area (Å²) in [7, 11) is -4.38. The van der Waals surface area contributed by atoms with Gasteiger partial charge in [0.25, 0.3) is 0 Å². The second-order valence-corrected chi connectivity index (χ2v) is 7.82. The first kappa shape index (κ1) is 19.3. The Kier molecular flexibility index (Phi) is 5.14. The van der Waals surface area contributed by atoms with Crippen molar-refractivity contribution in [3.05, 3.63) is 40.5 Å². The maximum Gasteiger partial charge on any atom is 0.417 e. The van der Waals surface area contributed by atoms with Crippen LogP contribution in [0.1, 0.15) is 18.2 Å². The lowest BCUT2D eigenvalue weighted by Gasteiger charge is -2.14. The Labute approximate surface area is 145 Å². The van der Waals surface area contributed by atoms with Crippen molar-refractivity contribution in [2.24, 2.45) is 0 Å². The lowest BCUT2D eigenvalue weighted by Crippen LogP contribution is -2.32. The fourth-order valence-corrected chi connectivity index (χ4v) is 3.40. The Hall–Kier alpha value is -2.07. The molecule has 1 unspecified atom stereocenters. The van der Waals surface area contributed by atoms with Gasteiger partial charge in [0.2, 0.25) is 11.8 Å². The van der Waals surface area contributed by atoms with E-state index in [1.165, 1.54) is 6.07 Å². The van der Waals surface area contributed by atoms with Gasteiger partial charge in [-0.3, -0.25) is 10.1 Å². The van der Waals surface area contributed by atoms with E-state index in [1.807, 2.05) is 0 Å². The van der Waals surface area contributed by atoms with Crippen LogP contribution in [-0.4, -0.2) is 24.7 Å². The SMILES string of the molecule is Cc1cc(NC(=O)C(C)S(=O)(=O)c2ccc(Cl)c(C(F)(F)F)c2)on1. The molecular formula is C14H12ClF3N2O4S. The van der Waals surface area contributed by atoms with E-state index in [4.69, 9.17) is 16.1 Å². The van der Waals surface area contributed by atoms with Gasteiger partial charge in [-0.15, -0.1) is 0 Å². The molecule has 0 spiro atoms. The third-order valence-corrected chi connectivity index (χ3v) is 5.67. The van der Waals surface area contributed by atoms with Gasteiger partial charge in [0.15, 0.2) is 9.84 Å². The van der Waals surface area contributed by atoms with Crippen molar-refractivity contribution in [3.8, 4) is 0 Å². The van der Waals surface area contributed by atoms with Crippen LogP contribution < -0.4 is 5.32 Å². The summed E-state index contributed by atoms with van der Waals surface area (Å²) < 4.78 is 68.3. The van der Waals surface area contributed by atoms with Crippen molar-refractivity contribution >= 4 is 33.2 Å². The number of amides is 1. The van der Waals surface area contributed by atoms with Crippen LogP contribution in [0.4, 0.5) is 19.1 Å². The maximum absolute atomic E-state index is 12.9. The topological polar surface area (TPSA) is 89.3 Å².